The first-order chi connectivity index (χ1) is 14.7. The molecule has 0 atom stereocenters. The molecule has 4 rings (SSSR count). The van der Waals surface area contributed by atoms with Crippen molar-refractivity contribution in [3.05, 3.63) is 83.0 Å². The van der Waals surface area contributed by atoms with E-state index in [1.807, 2.05) is 65.2 Å². The highest BCUT2D eigenvalue weighted by Crippen LogP contribution is 2.27. The van der Waals surface area contributed by atoms with Crippen molar-refractivity contribution in [2.45, 2.75) is 17.9 Å². The fourth-order valence-electron chi connectivity index (χ4n) is 3.48. The van der Waals surface area contributed by atoms with Gasteiger partial charge in [0.2, 0.25) is 5.91 Å². The van der Waals surface area contributed by atoms with Crippen molar-refractivity contribution < 1.29 is 4.79 Å². The normalized spacial score (nSPS) is 10.8. The van der Waals surface area contributed by atoms with Crippen LogP contribution >= 0.6 is 11.8 Å². The molecule has 0 aliphatic rings. The smallest absolute Gasteiger partial charge is 0.244 e. The number of nitriles is 1. The molecule has 0 unspecified atom stereocenters. The second-order valence-electron chi connectivity index (χ2n) is 6.75. The predicted molar refractivity (Wildman–Crippen MR) is 122 cm³/mol. The number of rotatable bonds is 6. The fraction of sp³-hybridized carbons (Fsp3) is 0.125. The number of para-hydroxylation sites is 3. The number of hydrogen-bond donors (Lipinski definition) is 1. The summed E-state index contributed by atoms with van der Waals surface area (Å²) in [6, 6.07) is 24.4. The first kappa shape index (κ1) is 19.7. The third-order valence-electron chi connectivity index (χ3n) is 4.81. The molecule has 0 aliphatic heterocycles. The van der Waals surface area contributed by atoms with Gasteiger partial charge in [0.15, 0.2) is 5.43 Å². The van der Waals surface area contributed by atoms with Crippen LogP contribution in [0.3, 0.4) is 0 Å². The van der Waals surface area contributed by atoms with Crippen molar-refractivity contribution in [1.82, 2.24) is 4.57 Å². The second kappa shape index (κ2) is 8.85. The molecule has 0 saturated carbocycles. The number of nitrogens with zero attached hydrogens (tertiary/aromatic N) is 2. The van der Waals surface area contributed by atoms with Gasteiger partial charge in [0, 0.05) is 27.8 Å². The maximum Gasteiger partial charge on any atom is 0.244 e. The zero-order valence-electron chi connectivity index (χ0n) is 16.2. The Morgan fingerprint density at radius 3 is 2.20 bits per heavy atom. The summed E-state index contributed by atoms with van der Waals surface area (Å²) in [5.41, 5.74) is 2.15. The Hall–Kier alpha value is -3.56. The van der Waals surface area contributed by atoms with Crippen LogP contribution in [0, 0.1) is 11.3 Å². The lowest BCUT2D eigenvalue weighted by Gasteiger charge is -2.16. The molecule has 0 spiro atoms. The van der Waals surface area contributed by atoms with Gasteiger partial charge in [-0.05, 0) is 36.4 Å². The average Bonchev–Trinajstić information content (AvgIpc) is 2.78. The number of hydrogen-bond acceptors (Lipinski definition) is 4. The summed E-state index contributed by atoms with van der Waals surface area (Å²) < 4.78 is 1.88. The van der Waals surface area contributed by atoms with Crippen molar-refractivity contribution >= 4 is 45.2 Å². The van der Waals surface area contributed by atoms with Crippen LogP contribution in [0.1, 0.15) is 6.42 Å². The molecule has 30 heavy (non-hydrogen) atoms. The first-order valence-corrected chi connectivity index (χ1v) is 10.6. The van der Waals surface area contributed by atoms with Gasteiger partial charge in [-0.1, -0.05) is 36.4 Å². The van der Waals surface area contributed by atoms with E-state index >= 15 is 0 Å². The summed E-state index contributed by atoms with van der Waals surface area (Å²) in [5, 5.41) is 12.9. The highest BCUT2D eigenvalue weighted by atomic mass is 32.2. The molecule has 0 radical (unpaired) electrons. The number of carbonyl (C=O) groups is 1. The monoisotopic (exact) mass is 413 g/mol. The van der Waals surface area contributed by atoms with Gasteiger partial charge in [0.1, 0.15) is 6.54 Å². The van der Waals surface area contributed by atoms with Crippen molar-refractivity contribution in [2.24, 2.45) is 0 Å². The van der Waals surface area contributed by atoms with E-state index in [9.17, 15) is 9.59 Å². The Bertz CT molecular complexity index is 1280. The first-order valence-electron chi connectivity index (χ1n) is 9.58. The summed E-state index contributed by atoms with van der Waals surface area (Å²) in [5.74, 6) is 0.487. The van der Waals surface area contributed by atoms with Gasteiger partial charge in [-0.15, -0.1) is 11.8 Å². The van der Waals surface area contributed by atoms with E-state index in [-0.39, 0.29) is 17.9 Å². The minimum Gasteiger partial charge on any atom is -0.331 e. The molecule has 6 heteroatoms. The largest absolute Gasteiger partial charge is 0.331 e. The van der Waals surface area contributed by atoms with Crippen molar-refractivity contribution in [1.29, 1.82) is 5.26 Å². The lowest BCUT2D eigenvalue weighted by Crippen LogP contribution is -2.21. The van der Waals surface area contributed by atoms with E-state index in [0.29, 0.717) is 22.9 Å². The van der Waals surface area contributed by atoms with Gasteiger partial charge < -0.3 is 9.88 Å². The molecule has 3 aromatic carbocycles. The van der Waals surface area contributed by atoms with Crippen LogP contribution in [-0.2, 0) is 11.3 Å². The molecule has 148 valence electrons. The molecule has 0 bridgehead atoms. The third kappa shape index (κ3) is 3.93. The number of carbonyl (C=O) groups excluding carboxylic acids is 1. The zero-order chi connectivity index (χ0) is 20.9. The molecule has 1 heterocycles. The topological polar surface area (TPSA) is 74.9 Å². The fourth-order valence-corrected chi connectivity index (χ4v) is 4.35. The number of thioether (sulfide) groups is 1. The lowest BCUT2D eigenvalue weighted by molar-refractivity contribution is -0.116. The maximum atomic E-state index is 13.0. The zero-order valence-corrected chi connectivity index (χ0v) is 17.0. The summed E-state index contributed by atoms with van der Waals surface area (Å²) in [7, 11) is 0. The van der Waals surface area contributed by atoms with Crippen LogP contribution in [0.15, 0.2) is 82.5 Å². The molecular weight excluding hydrogens is 394 g/mol. The second-order valence-corrected chi connectivity index (χ2v) is 7.89. The molecule has 0 fully saturated rings. The van der Waals surface area contributed by atoms with E-state index in [1.165, 1.54) is 0 Å². The van der Waals surface area contributed by atoms with E-state index in [4.69, 9.17) is 5.26 Å². The summed E-state index contributed by atoms with van der Waals surface area (Å²) in [6.45, 7) is 0.0818. The average molecular weight is 414 g/mol. The van der Waals surface area contributed by atoms with Crippen molar-refractivity contribution in [2.75, 3.05) is 11.1 Å². The molecule has 1 aromatic heterocycles. The number of nitrogens with one attached hydrogen (secondary N) is 1. The number of benzene rings is 3. The molecule has 0 aliphatic carbocycles. The molecule has 4 aromatic rings. The van der Waals surface area contributed by atoms with E-state index in [2.05, 4.69) is 11.4 Å². The van der Waals surface area contributed by atoms with Crippen LogP contribution in [0.5, 0.6) is 0 Å². The van der Waals surface area contributed by atoms with E-state index in [0.717, 1.165) is 21.6 Å². The van der Waals surface area contributed by atoms with Crippen molar-refractivity contribution in [3.63, 3.8) is 0 Å². The third-order valence-corrected chi connectivity index (χ3v) is 5.89. The van der Waals surface area contributed by atoms with Gasteiger partial charge >= 0.3 is 0 Å². The van der Waals surface area contributed by atoms with Gasteiger partial charge in [-0.2, -0.15) is 5.26 Å². The summed E-state index contributed by atoms with van der Waals surface area (Å²) >= 11 is 1.54. The molecule has 5 nitrogen and oxygen atoms in total. The van der Waals surface area contributed by atoms with Crippen LogP contribution in [0.4, 0.5) is 5.69 Å². The highest BCUT2D eigenvalue weighted by Gasteiger charge is 2.14. The Kier molecular flexibility index (Phi) is 5.82. The Balaban J connectivity index is 1.69. The molecule has 0 saturated heterocycles. The number of pyridine rings is 1. The highest BCUT2D eigenvalue weighted by molar-refractivity contribution is 7.99. The van der Waals surface area contributed by atoms with Gasteiger partial charge in [-0.3, -0.25) is 9.59 Å². The van der Waals surface area contributed by atoms with Crippen LogP contribution in [0.2, 0.25) is 0 Å². The number of amides is 1. The Morgan fingerprint density at radius 1 is 0.933 bits per heavy atom. The van der Waals surface area contributed by atoms with Crippen molar-refractivity contribution in [3.8, 4) is 6.07 Å². The van der Waals surface area contributed by atoms with Gasteiger partial charge in [0.25, 0.3) is 0 Å². The molecule has 1 amide bonds. The van der Waals surface area contributed by atoms with Gasteiger partial charge in [-0.25, -0.2) is 0 Å². The van der Waals surface area contributed by atoms with E-state index in [1.54, 1.807) is 23.9 Å². The van der Waals surface area contributed by atoms with Crippen LogP contribution in [-0.4, -0.2) is 16.2 Å². The SMILES string of the molecule is N#CCCSc1ccccc1NC(=O)Cn1c2ccccc2c(=O)c2ccccc21. The Labute approximate surface area is 177 Å². The maximum absolute atomic E-state index is 13.0. The van der Waals surface area contributed by atoms with E-state index < -0.39 is 0 Å². The molecular formula is C24H19N3O2S. The molecule has 1 N–H and O–H groups in total. The van der Waals surface area contributed by atoms with Crippen LogP contribution in [0.25, 0.3) is 21.8 Å². The number of aromatic nitrogens is 1. The minimum atomic E-state index is -0.178. The minimum absolute atomic E-state index is 0.0305. The lowest BCUT2D eigenvalue weighted by atomic mass is 10.1. The van der Waals surface area contributed by atoms with Gasteiger partial charge in [0.05, 0.1) is 22.8 Å². The quantitative estimate of drug-likeness (QED) is 0.280. The summed E-state index contributed by atoms with van der Waals surface area (Å²) in [6.07, 6.45) is 0.447. The Morgan fingerprint density at radius 2 is 1.53 bits per heavy atom. The number of anilines is 1. The number of fused-ring (bicyclic) bond motifs is 2. The summed E-state index contributed by atoms with van der Waals surface area (Å²) in [4.78, 5) is 26.7. The predicted octanol–water partition coefficient (Wildman–Crippen LogP) is 4.80. The van der Waals surface area contributed by atoms with Crippen LogP contribution < -0.4 is 10.7 Å². The standard InChI is InChI=1S/C24H19N3O2S/c25-14-7-15-30-22-13-6-3-10-19(22)26-23(28)16-27-20-11-4-1-8-17(20)24(29)18-9-2-5-12-21(18)27/h1-6,8-13H,7,15-16H2,(H,26,28).